The summed E-state index contributed by atoms with van der Waals surface area (Å²) >= 11 is 0. The molecule has 0 aromatic heterocycles. The molecule has 1 aromatic rings. The summed E-state index contributed by atoms with van der Waals surface area (Å²) in [6.45, 7) is -1.00. The lowest BCUT2D eigenvalue weighted by molar-refractivity contribution is 0.00410. The van der Waals surface area contributed by atoms with Gasteiger partial charge in [-0.05, 0) is 0 Å². The van der Waals surface area contributed by atoms with Crippen molar-refractivity contribution in [3.63, 3.8) is 0 Å². The van der Waals surface area contributed by atoms with Gasteiger partial charge in [0.05, 0.1) is 18.8 Å². The molecule has 1 aromatic carbocycles. The van der Waals surface area contributed by atoms with Crippen LogP contribution in [0.15, 0.2) is 12.1 Å². The van der Waals surface area contributed by atoms with Crippen LogP contribution in [0.5, 0.6) is 5.75 Å². The smallest absolute Gasteiger partial charge is 0.261 e. The molecule has 0 radical (unpaired) electrons. The highest BCUT2D eigenvalue weighted by Crippen LogP contribution is 2.27. The first-order valence-corrected chi connectivity index (χ1v) is 5.52. The van der Waals surface area contributed by atoms with Crippen LogP contribution >= 0.6 is 0 Å². The van der Waals surface area contributed by atoms with Crippen LogP contribution in [-0.2, 0) is 4.74 Å². The molecule has 19 heavy (non-hydrogen) atoms. The number of benzene rings is 1. The third-order valence-electron chi connectivity index (χ3n) is 2.40. The zero-order chi connectivity index (χ0) is 14.4. The molecule has 108 valence electrons. The lowest BCUT2D eigenvalue weighted by atomic mass is 10.1. The number of hydrogen-bond donors (Lipinski definition) is 1. The third kappa shape index (κ3) is 4.68. The van der Waals surface area contributed by atoms with Gasteiger partial charge in [-0.2, -0.15) is 0 Å². The molecule has 1 N–H and O–H groups in total. The van der Waals surface area contributed by atoms with E-state index in [1.807, 2.05) is 0 Å². The van der Waals surface area contributed by atoms with Crippen LogP contribution in [0.4, 0.5) is 17.6 Å². The average molecular weight is 282 g/mol. The Hall–Kier alpha value is -1.34. The van der Waals surface area contributed by atoms with Gasteiger partial charge in [0.25, 0.3) is 6.43 Å². The van der Waals surface area contributed by atoms with Gasteiger partial charge in [-0.15, -0.1) is 0 Å². The Balaban J connectivity index is 2.64. The van der Waals surface area contributed by atoms with Gasteiger partial charge in [-0.25, -0.2) is 17.6 Å². The second kappa shape index (κ2) is 7.30. The van der Waals surface area contributed by atoms with Crippen molar-refractivity contribution in [3.05, 3.63) is 29.3 Å². The largest absolute Gasteiger partial charge is 0.497 e. The van der Waals surface area contributed by atoms with E-state index < -0.39 is 36.3 Å². The summed E-state index contributed by atoms with van der Waals surface area (Å²) in [5, 5.41) is 9.62. The van der Waals surface area contributed by atoms with E-state index >= 15 is 0 Å². The monoisotopic (exact) mass is 282 g/mol. The highest BCUT2D eigenvalue weighted by Gasteiger charge is 2.19. The molecule has 0 aliphatic carbocycles. The van der Waals surface area contributed by atoms with Crippen molar-refractivity contribution in [3.8, 4) is 5.75 Å². The zero-order valence-electron chi connectivity index (χ0n) is 10.2. The van der Waals surface area contributed by atoms with E-state index in [1.54, 1.807) is 0 Å². The number of aliphatic hydroxyl groups is 1. The molecular formula is C12H14F4O3. The molecule has 7 heteroatoms. The van der Waals surface area contributed by atoms with Gasteiger partial charge in [0.2, 0.25) is 0 Å². The Morgan fingerprint density at radius 3 is 2.26 bits per heavy atom. The number of alkyl halides is 2. The maximum atomic E-state index is 13.5. The molecule has 3 nitrogen and oxygen atoms in total. The number of ether oxygens (including phenoxy) is 2. The second-order valence-corrected chi connectivity index (χ2v) is 3.78. The molecule has 0 amide bonds. The van der Waals surface area contributed by atoms with Gasteiger partial charge in [-0.1, -0.05) is 0 Å². The van der Waals surface area contributed by atoms with Gasteiger partial charge in [0.1, 0.15) is 24.0 Å². The van der Waals surface area contributed by atoms with E-state index in [4.69, 9.17) is 0 Å². The summed E-state index contributed by atoms with van der Waals surface area (Å²) in [4.78, 5) is 0. The van der Waals surface area contributed by atoms with Crippen LogP contribution in [0.1, 0.15) is 18.1 Å². The van der Waals surface area contributed by atoms with Gasteiger partial charge in [0.15, 0.2) is 0 Å². The van der Waals surface area contributed by atoms with Crippen molar-refractivity contribution in [2.24, 2.45) is 0 Å². The fraction of sp³-hybridized carbons (Fsp3) is 0.500. The van der Waals surface area contributed by atoms with Crippen molar-refractivity contribution in [1.82, 2.24) is 0 Å². The Labute approximate surface area is 107 Å². The van der Waals surface area contributed by atoms with E-state index in [2.05, 4.69) is 9.47 Å². The predicted molar refractivity (Wildman–Crippen MR) is 59.3 cm³/mol. The predicted octanol–water partition coefficient (Wildman–Crippen LogP) is 2.68. The van der Waals surface area contributed by atoms with Crippen LogP contribution in [0.25, 0.3) is 0 Å². The number of rotatable bonds is 7. The average Bonchev–Trinajstić information content (AvgIpc) is 2.33. The quantitative estimate of drug-likeness (QED) is 0.617. The molecule has 0 saturated heterocycles. The van der Waals surface area contributed by atoms with Crippen molar-refractivity contribution < 1.29 is 32.1 Å². The maximum absolute atomic E-state index is 13.5. The normalized spacial score (nSPS) is 12.8. The van der Waals surface area contributed by atoms with Gasteiger partial charge >= 0.3 is 0 Å². The van der Waals surface area contributed by atoms with E-state index in [0.29, 0.717) is 0 Å². The first-order valence-electron chi connectivity index (χ1n) is 5.52. The van der Waals surface area contributed by atoms with E-state index in [0.717, 1.165) is 12.1 Å². The van der Waals surface area contributed by atoms with Gasteiger partial charge < -0.3 is 14.6 Å². The molecule has 1 unspecified atom stereocenters. The van der Waals surface area contributed by atoms with Crippen LogP contribution < -0.4 is 4.74 Å². The highest BCUT2D eigenvalue weighted by atomic mass is 19.3. The first kappa shape index (κ1) is 15.7. The van der Waals surface area contributed by atoms with E-state index in [9.17, 15) is 22.7 Å². The van der Waals surface area contributed by atoms with Gasteiger partial charge in [0, 0.05) is 25.2 Å². The van der Waals surface area contributed by atoms with E-state index in [-0.39, 0.29) is 18.8 Å². The van der Waals surface area contributed by atoms with Crippen LogP contribution in [0.3, 0.4) is 0 Å². The fourth-order valence-electron chi connectivity index (χ4n) is 1.51. The summed E-state index contributed by atoms with van der Waals surface area (Å²) in [5.74, 6) is -1.93. The summed E-state index contributed by atoms with van der Waals surface area (Å²) in [6.07, 6.45) is -4.28. The summed E-state index contributed by atoms with van der Waals surface area (Å²) in [5.41, 5.74) is -0.526. The lowest BCUT2D eigenvalue weighted by Crippen LogP contribution is -2.11. The minimum absolute atomic E-state index is 0.0140. The standard InChI is InChI=1S/C12H14F4O3/c1-18-7-4-8(13)12(9(14)5-7)10(17)2-3-19-6-11(15)16/h4-5,10-11,17H,2-3,6H2,1H3. The van der Waals surface area contributed by atoms with Crippen LogP contribution in [0.2, 0.25) is 0 Å². The molecule has 1 atom stereocenters. The Kier molecular flexibility index (Phi) is 6.04. The van der Waals surface area contributed by atoms with Crippen molar-refractivity contribution in [1.29, 1.82) is 0 Å². The molecule has 0 aliphatic rings. The topological polar surface area (TPSA) is 38.7 Å². The highest BCUT2D eigenvalue weighted by molar-refractivity contribution is 5.31. The molecule has 0 saturated carbocycles. The van der Waals surface area contributed by atoms with Gasteiger partial charge in [-0.3, -0.25) is 0 Å². The minimum atomic E-state index is -2.62. The first-order chi connectivity index (χ1) is 8.95. The summed E-state index contributed by atoms with van der Waals surface area (Å²) in [6, 6.07) is 1.86. The Bertz CT molecular complexity index is 389. The molecule has 0 aliphatic heterocycles. The Morgan fingerprint density at radius 2 is 1.79 bits per heavy atom. The second-order valence-electron chi connectivity index (χ2n) is 3.78. The number of hydrogen-bond acceptors (Lipinski definition) is 3. The molecule has 1 rings (SSSR count). The molecule has 0 bridgehead atoms. The SMILES string of the molecule is COc1cc(F)c(C(O)CCOCC(F)F)c(F)c1. The van der Waals surface area contributed by atoms with Crippen molar-refractivity contribution in [2.45, 2.75) is 19.0 Å². The fourth-order valence-corrected chi connectivity index (χ4v) is 1.51. The zero-order valence-corrected chi connectivity index (χ0v) is 10.2. The van der Waals surface area contributed by atoms with E-state index in [1.165, 1.54) is 7.11 Å². The molecular weight excluding hydrogens is 268 g/mol. The number of halogens is 4. The third-order valence-corrected chi connectivity index (χ3v) is 2.40. The number of methoxy groups -OCH3 is 1. The number of aliphatic hydroxyl groups excluding tert-OH is 1. The minimum Gasteiger partial charge on any atom is -0.497 e. The lowest BCUT2D eigenvalue weighted by Gasteiger charge is -2.14. The molecule has 0 spiro atoms. The van der Waals surface area contributed by atoms with Crippen LogP contribution in [0, 0.1) is 11.6 Å². The molecule has 0 fully saturated rings. The van der Waals surface area contributed by atoms with Crippen molar-refractivity contribution >= 4 is 0 Å². The summed E-state index contributed by atoms with van der Waals surface area (Å²) < 4.78 is 59.8. The summed E-state index contributed by atoms with van der Waals surface area (Å²) in [7, 11) is 1.25. The Morgan fingerprint density at radius 1 is 1.21 bits per heavy atom. The molecule has 0 heterocycles. The van der Waals surface area contributed by atoms with Crippen LogP contribution in [-0.4, -0.2) is 31.9 Å². The van der Waals surface area contributed by atoms with Crippen molar-refractivity contribution in [2.75, 3.05) is 20.3 Å². The maximum Gasteiger partial charge on any atom is 0.261 e.